The topological polar surface area (TPSA) is 71.3 Å². The zero-order chi connectivity index (χ0) is 15.4. The largest absolute Gasteiger partial charge is 0.334 e. The van der Waals surface area contributed by atoms with E-state index < -0.39 is 0 Å². The Balaban J connectivity index is 1.55. The molecule has 2 aromatic rings. The van der Waals surface area contributed by atoms with Gasteiger partial charge in [0.2, 0.25) is 0 Å². The lowest BCUT2D eigenvalue weighted by molar-refractivity contribution is 0.190. The fourth-order valence-electron chi connectivity index (χ4n) is 2.76. The number of hydrogen-bond donors (Lipinski definition) is 1. The summed E-state index contributed by atoms with van der Waals surface area (Å²) in [6.07, 6.45) is 4.58. The second-order valence-electron chi connectivity index (χ2n) is 5.59. The van der Waals surface area contributed by atoms with Crippen LogP contribution in [0, 0.1) is 0 Å². The van der Waals surface area contributed by atoms with Gasteiger partial charge in [-0.25, -0.2) is 4.79 Å². The molecule has 0 spiro atoms. The number of amides is 2. The molecule has 1 saturated carbocycles. The number of rotatable bonds is 4. The Kier molecular flexibility index (Phi) is 4.37. The molecular weight excluding hydrogens is 280 g/mol. The average Bonchev–Trinajstić information content (AvgIpc) is 3.24. The molecule has 2 amide bonds. The predicted octanol–water partition coefficient (Wildman–Crippen LogP) is 2.82. The van der Waals surface area contributed by atoms with Gasteiger partial charge in [-0.05, 0) is 25.0 Å². The highest BCUT2D eigenvalue weighted by atomic mass is 16.5. The molecule has 1 aromatic carbocycles. The number of aromatic nitrogens is 2. The Morgan fingerprint density at radius 2 is 2.05 bits per heavy atom. The number of urea groups is 1. The van der Waals surface area contributed by atoms with E-state index in [0.717, 1.165) is 18.4 Å². The maximum absolute atomic E-state index is 12.1. The number of hydrogen-bond acceptors (Lipinski definition) is 4. The van der Waals surface area contributed by atoms with E-state index in [1.165, 1.54) is 12.8 Å². The lowest BCUT2D eigenvalue weighted by Crippen LogP contribution is -2.42. The quantitative estimate of drug-likeness (QED) is 0.942. The third-order valence-corrected chi connectivity index (χ3v) is 4.08. The van der Waals surface area contributed by atoms with Gasteiger partial charge in [-0.15, -0.1) is 0 Å². The zero-order valence-corrected chi connectivity index (χ0v) is 12.7. The van der Waals surface area contributed by atoms with Crippen molar-refractivity contribution < 1.29 is 9.32 Å². The van der Waals surface area contributed by atoms with Crippen LogP contribution in [-0.4, -0.2) is 34.2 Å². The summed E-state index contributed by atoms with van der Waals surface area (Å²) in [5.41, 5.74) is 0.871. The van der Waals surface area contributed by atoms with Gasteiger partial charge in [0.1, 0.15) is 0 Å². The molecule has 1 heterocycles. The number of benzene rings is 1. The Morgan fingerprint density at radius 3 is 2.77 bits per heavy atom. The molecule has 0 unspecified atom stereocenters. The van der Waals surface area contributed by atoms with E-state index >= 15 is 0 Å². The maximum atomic E-state index is 12.1. The van der Waals surface area contributed by atoms with E-state index in [9.17, 15) is 4.79 Å². The van der Waals surface area contributed by atoms with Gasteiger partial charge in [-0.2, -0.15) is 4.98 Å². The molecule has 1 aromatic heterocycles. The Hall–Kier alpha value is -2.37. The average molecular weight is 300 g/mol. The van der Waals surface area contributed by atoms with Gasteiger partial charge in [0.25, 0.3) is 5.89 Å². The Morgan fingerprint density at radius 1 is 1.32 bits per heavy atom. The molecule has 1 N–H and O–H groups in total. The monoisotopic (exact) mass is 300 g/mol. The molecule has 1 aliphatic carbocycles. The third-order valence-electron chi connectivity index (χ3n) is 4.08. The van der Waals surface area contributed by atoms with Crippen LogP contribution in [0.15, 0.2) is 34.9 Å². The van der Waals surface area contributed by atoms with Crippen LogP contribution in [0.25, 0.3) is 11.5 Å². The second kappa shape index (κ2) is 6.60. The third kappa shape index (κ3) is 3.27. The molecule has 1 aliphatic rings. The van der Waals surface area contributed by atoms with Crippen molar-refractivity contribution in [3.8, 4) is 11.5 Å². The minimum Gasteiger partial charge on any atom is -0.334 e. The Labute approximate surface area is 129 Å². The van der Waals surface area contributed by atoms with E-state index in [4.69, 9.17) is 4.52 Å². The molecular formula is C16H20N4O2. The van der Waals surface area contributed by atoms with Crippen molar-refractivity contribution in [1.29, 1.82) is 0 Å². The summed E-state index contributed by atoms with van der Waals surface area (Å²) in [6.45, 7) is 0.270. The lowest BCUT2D eigenvalue weighted by Gasteiger charge is -2.24. The molecule has 6 nitrogen and oxygen atoms in total. The van der Waals surface area contributed by atoms with Crippen molar-refractivity contribution >= 4 is 6.03 Å². The van der Waals surface area contributed by atoms with E-state index in [1.807, 2.05) is 37.4 Å². The lowest BCUT2D eigenvalue weighted by atomic mass is 10.2. The first-order valence-corrected chi connectivity index (χ1v) is 7.62. The first kappa shape index (κ1) is 14.6. The minimum atomic E-state index is -0.0852. The summed E-state index contributed by atoms with van der Waals surface area (Å²) in [5.74, 6) is 0.945. The summed E-state index contributed by atoms with van der Waals surface area (Å²) >= 11 is 0. The van der Waals surface area contributed by atoms with Gasteiger partial charge in [0.05, 0.1) is 6.54 Å². The van der Waals surface area contributed by atoms with Gasteiger partial charge < -0.3 is 14.7 Å². The summed E-state index contributed by atoms with van der Waals surface area (Å²) < 4.78 is 5.22. The number of nitrogens with zero attached hydrogens (tertiary/aromatic N) is 3. The highest BCUT2D eigenvalue weighted by Gasteiger charge is 2.23. The van der Waals surface area contributed by atoms with Gasteiger partial charge >= 0.3 is 6.03 Å². The van der Waals surface area contributed by atoms with Crippen molar-refractivity contribution in [2.24, 2.45) is 0 Å². The first-order chi connectivity index (χ1) is 10.7. The molecule has 0 radical (unpaired) electrons. The molecule has 0 bridgehead atoms. The second-order valence-corrected chi connectivity index (χ2v) is 5.59. The molecule has 1 fully saturated rings. The first-order valence-electron chi connectivity index (χ1n) is 7.62. The van der Waals surface area contributed by atoms with Crippen LogP contribution >= 0.6 is 0 Å². The number of carbonyl (C=O) groups is 1. The van der Waals surface area contributed by atoms with E-state index in [2.05, 4.69) is 15.5 Å². The molecule has 116 valence electrons. The summed E-state index contributed by atoms with van der Waals surface area (Å²) in [4.78, 5) is 18.2. The van der Waals surface area contributed by atoms with Crippen molar-refractivity contribution in [2.75, 3.05) is 7.05 Å². The highest BCUT2D eigenvalue weighted by Crippen LogP contribution is 2.22. The molecule has 0 aliphatic heterocycles. The van der Waals surface area contributed by atoms with Crippen LogP contribution in [0.4, 0.5) is 4.79 Å². The van der Waals surface area contributed by atoms with Crippen LogP contribution in [0.1, 0.15) is 31.5 Å². The Bertz CT molecular complexity index is 620. The molecule has 0 atom stereocenters. The van der Waals surface area contributed by atoms with Crippen molar-refractivity contribution in [1.82, 2.24) is 20.4 Å². The highest BCUT2D eigenvalue weighted by molar-refractivity contribution is 5.74. The van der Waals surface area contributed by atoms with Crippen LogP contribution in [-0.2, 0) is 6.54 Å². The van der Waals surface area contributed by atoms with E-state index in [-0.39, 0.29) is 12.6 Å². The normalized spacial score (nSPS) is 15.0. The van der Waals surface area contributed by atoms with Gasteiger partial charge in [0.15, 0.2) is 5.82 Å². The van der Waals surface area contributed by atoms with Gasteiger partial charge in [-0.1, -0.05) is 36.2 Å². The van der Waals surface area contributed by atoms with Crippen LogP contribution < -0.4 is 5.32 Å². The minimum absolute atomic E-state index is 0.0852. The van der Waals surface area contributed by atoms with E-state index in [1.54, 1.807) is 4.90 Å². The summed E-state index contributed by atoms with van der Waals surface area (Å²) in [5, 5.41) is 6.74. The zero-order valence-electron chi connectivity index (χ0n) is 12.7. The predicted molar refractivity (Wildman–Crippen MR) is 82.0 cm³/mol. The molecule has 0 saturated heterocycles. The fraction of sp³-hybridized carbons (Fsp3) is 0.438. The van der Waals surface area contributed by atoms with Gasteiger partial charge in [0, 0.05) is 18.7 Å². The summed E-state index contributed by atoms with van der Waals surface area (Å²) in [7, 11) is 1.84. The number of nitrogens with one attached hydrogen (secondary N) is 1. The summed E-state index contributed by atoms with van der Waals surface area (Å²) in [6, 6.07) is 9.84. The number of carbonyl (C=O) groups excluding carboxylic acids is 1. The maximum Gasteiger partial charge on any atom is 0.317 e. The molecule has 3 rings (SSSR count). The smallest absolute Gasteiger partial charge is 0.317 e. The van der Waals surface area contributed by atoms with E-state index in [0.29, 0.717) is 17.8 Å². The molecule has 22 heavy (non-hydrogen) atoms. The van der Waals surface area contributed by atoms with Crippen LogP contribution in [0.5, 0.6) is 0 Å². The SMILES string of the molecule is CN(C(=O)NCc1noc(-c2ccccc2)n1)C1CCCC1. The van der Waals surface area contributed by atoms with Crippen LogP contribution in [0.2, 0.25) is 0 Å². The van der Waals surface area contributed by atoms with Crippen molar-refractivity contribution in [2.45, 2.75) is 38.3 Å². The standard InChI is InChI=1S/C16H20N4O2/c1-20(13-9-5-6-10-13)16(21)17-11-14-18-15(22-19-14)12-7-3-2-4-8-12/h2-4,7-8,13H,5-6,9-11H2,1H3,(H,17,21). The van der Waals surface area contributed by atoms with Crippen molar-refractivity contribution in [3.05, 3.63) is 36.2 Å². The molecule has 6 heteroatoms. The van der Waals surface area contributed by atoms with Crippen LogP contribution in [0.3, 0.4) is 0 Å². The van der Waals surface area contributed by atoms with Crippen molar-refractivity contribution in [3.63, 3.8) is 0 Å². The fourth-order valence-corrected chi connectivity index (χ4v) is 2.76. The van der Waals surface area contributed by atoms with Gasteiger partial charge in [-0.3, -0.25) is 0 Å².